The molecule has 3 aromatic rings. The number of hydrogen-bond donors (Lipinski definition) is 1. The van der Waals surface area contributed by atoms with Crippen LogP contribution in [0.5, 0.6) is 0 Å². The molecule has 0 amide bonds. The number of carboxylic acids is 1. The molecule has 3 aromatic carbocycles. The molecule has 126 valence electrons. The minimum atomic E-state index is -3.08. The Kier molecular flexibility index (Phi) is 5.16. The van der Waals surface area contributed by atoms with Crippen LogP contribution in [0.3, 0.4) is 0 Å². The van der Waals surface area contributed by atoms with Crippen LogP contribution in [0.1, 0.15) is 11.5 Å². The molecule has 0 saturated heterocycles. The topological polar surface area (TPSA) is 54.4 Å². The number of carboxylic acid groups (broad SMARTS) is 1. The molecule has 0 saturated carbocycles. The monoisotopic (exact) mass is 350 g/mol. The number of benzene rings is 3. The number of hydrogen-bond acceptors (Lipinski definition) is 2. The third kappa shape index (κ3) is 3.72. The van der Waals surface area contributed by atoms with Gasteiger partial charge in [-0.15, -0.1) is 0 Å². The molecule has 0 aliphatic heterocycles. The molecule has 0 radical (unpaired) electrons. The lowest BCUT2D eigenvalue weighted by Gasteiger charge is -2.23. The fraction of sp³-hybridized carbons (Fsp3) is 0.0952. The van der Waals surface area contributed by atoms with Crippen molar-refractivity contribution in [1.82, 2.24) is 0 Å². The highest BCUT2D eigenvalue weighted by Gasteiger charge is 2.34. The third-order valence-electron chi connectivity index (χ3n) is 4.29. The van der Waals surface area contributed by atoms with E-state index in [0.29, 0.717) is 16.2 Å². The molecular weight excluding hydrogens is 331 g/mol. The van der Waals surface area contributed by atoms with Gasteiger partial charge < -0.3 is 9.67 Å². The summed E-state index contributed by atoms with van der Waals surface area (Å²) in [5.41, 5.74) is 0.669. The quantitative estimate of drug-likeness (QED) is 0.687. The van der Waals surface area contributed by atoms with E-state index in [1.54, 1.807) is 24.3 Å². The number of aliphatic carboxylic acids is 1. The summed E-state index contributed by atoms with van der Waals surface area (Å²) in [6.07, 6.45) is 0.0559. The maximum atomic E-state index is 14.0. The third-order valence-corrected chi connectivity index (χ3v) is 7.43. The van der Waals surface area contributed by atoms with Crippen LogP contribution in [0.4, 0.5) is 0 Å². The Morgan fingerprint density at radius 2 is 1.16 bits per heavy atom. The summed E-state index contributed by atoms with van der Waals surface area (Å²) in [5.74, 6) is -1.79. The normalized spacial score (nSPS) is 12.5. The summed E-state index contributed by atoms with van der Waals surface area (Å²) in [6, 6.07) is 27.4. The fourth-order valence-electron chi connectivity index (χ4n) is 2.97. The van der Waals surface area contributed by atoms with Gasteiger partial charge in [0.15, 0.2) is 0 Å². The smallest absolute Gasteiger partial charge is 0.311 e. The molecule has 3 rings (SSSR count). The van der Waals surface area contributed by atoms with Crippen LogP contribution < -0.4 is 10.6 Å². The maximum absolute atomic E-state index is 14.0. The molecule has 1 N–H and O–H groups in total. The zero-order chi connectivity index (χ0) is 17.7. The van der Waals surface area contributed by atoms with Gasteiger partial charge in [-0.3, -0.25) is 4.79 Å². The van der Waals surface area contributed by atoms with Gasteiger partial charge in [0.1, 0.15) is 7.14 Å². The molecule has 0 aliphatic rings. The average Bonchev–Trinajstić information content (AvgIpc) is 2.68. The highest BCUT2D eigenvalue weighted by molar-refractivity contribution is 7.78. The van der Waals surface area contributed by atoms with Gasteiger partial charge in [0, 0.05) is 16.8 Å². The highest BCUT2D eigenvalue weighted by Crippen LogP contribution is 2.47. The molecule has 1 atom stereocenters. The maximum Gasteiger partial charge on any atom is 0.311 e. The van der Waals surface area contributed by atoms with Crippen LogP contribution in [-0.2, 0) is 9.36 Å². The van der Waals surface area contributed by atoms with E-state index in [-0.39, 0.29) is 6.16 Å². The minimum absolute atomic E-state index is 0.0559. The standard InChI is InChI=1S/C21H19O3P/c22-21(23)20(17-10-4-1-5-11-17)16-25(24,18-12-6-2-7-13-18)19-14-8-3-9-15-19/h1-15,20H,16H2,(H,22,23). The predicted molar refractivity (Wildman–Crippen MR) is 101 cm³/mol. The Hall–Kier alpha value is -2.64. The molecule has 0 aromatic heterocycles. The summed E-state index contributed by atoms with van der Waals surface area (Å²) in [6.45, 7) is 0. The largest absolute Gasteiger partial charge is 0.481 e. The van der Waals surface area contributed by atoms with Crippen molar-refractivity contribution in [3.05, 3.63) is 96.6 Å². The lowest BCUT2D eigenvalue weighted by atomic mass is 10.0. The Morgan fingerprint density at radius 1 is 0.760 bits per heavy atom. The summed E-state index contributed by atoms with van der Waals surface area (Å²) in [5, 5.41) is 11.1. The first kappa shape index (κ1) is 17.2. The second-order valence-corrected chi connectivity index (χ2v) is 8.77. The Balaban J connectivity index is 2.09. The Bertz CT molecular complexity index is 833. The van der Waals surface area contributed by atoms with Crippen molar-refractivity contribution in [3.63, 3.8) is 0 Å². The predicted octanol–water partition coefficient (Wildman–Crippen LogP) is 3.87. The van der Waals surface area contributed by atoms with E-state index < -0.39 is 19.0 Å². The van der Waals surface area contributed by atoms with Gasteiger partial charge in [-0.05, 0) is 5.56 Å². The van der Waals surface area contributed by atoms with Crippen molar-refractivity contribution in [1.29, 1.82) is 0 Å². The van der Waals surface area contributed by atoms with E-state index >= 15 is 0 Å². The van der Waals surface area contributed by atoms with Crippen molar-refractivity contribution in [3.8, 4) is 0 Å². The van der Waals surface area contributed by atoms with E-state index in [2.05, 4.69) is 0 Å². The van der Waals surface area contributed by atoms with E-state index in [9.17, 15) is 14.5 Å². The summed E-state index contributed by atoms with van der Waals surface area (Å²) < 4.78 is 14.0. The van der Waals surface area contributed by atoms with Crippen molar-refractivity contribution in [2.45, 2.75) is 5.92 Å². The lowest BCUT2D eigenvalue weighted by Crippen LogP contribution is -2.25. The average molecular weight is 350 g/mol. The zero-order valence-corrected chi connectivity index (χ0v) is 14.6. The fourth-order valence-corrected chi connectivity index (χ4v) is 5.87. The van der Waals surface area contributed by atoms with Gasteiger partial charge in [-0.1, -0.05) is 91.0 Å². The van der Waals surface area contributed by atoms with Crippen molar-refractivity contribution in [2.75, 3.05) is 6.16 Å². The number of carbonyl (C=O) groups is 1. The van der Waals surface area contributed by atoms with Gasteiger partial charge in [0.25, 0.3) is 0 Å². The van der Waals surface area contributed by atoms with Crippen LogP contribution in [0, 0.1) is 0 Å². The first-order chi connectivity index (χ1) is 12.1. The molecule has 1 unspecified atom stereocenters. The molecule has 4 heteroatoms. The molecule has 0 aliphatic carbocycles. The van der Waals surface area contributed by atoms with E-state index in [4.69, 9.17) is 0 Å². The summed E-state index contributed by atoms with van der Waals surface area (Å²) in [4.78, 5) is 11.9. The molecular formula is C21H19O3P. The van der Waals surface area contributed by atoms with Crippen LogP contribution in [0.2, 0.25) is 0 Å². The second kappa shape index (κ2) is 7.50. The SMILES string of the molecule is O=C(O)C(CP(=O)(c1ccccc1)c1ccccc1)c1ccccc1. The van der Waals surface area contributed by atoms with E-state index in [1.165, 1.54) is 0 Å². The van der Waals surface area contributed by atoms with E-state index in [1.807, 2.05) is 66.7 Å². The van der Waals surface area contributed by atoms with Crippen molar-refractivity contribution in [2.24, 2.45) is 0 Å². The minimum Gasteiger partial charge on any atom is -0.481 e. The molecule has 0 bridgehead atoms. The summed E-state index contributed by atoms with van der Waals surface area (Å²) in [7, 11) is -3.08. The van der Waals surface area contributed by atoms with Gasteiger partial charge in [0.2, 0.25) is 0 Å². The van der Waals surface area contributed by atoms with Crippen LogP contribution >= 0.6 is 7.14 Å². The summed E-state index contributed by atoms with van der Waals surface area (Å²) >= 11 is 0. The first-order valence-corrected chi connectivity index (χ1v) is 9.98. The molecule has 3 nitrogen and oxygen atoms in total. The highest BCUT2D eigenvalue weighted by atomic mass is 31.2. The van der Waals surface area contributed by atoms with Gasteiger partial charge in [-0.2, -0.15) is 0 Å². The second-order valence-electron chi connectivity index (χ2n) is 5.89. The van der Waals surface area contributed by atoms with Crippen molar-refractivity contribution >= 4 is 23.7 Å². The molecule has 0 fully saturated rings. The number of rotatable bonds is 6. The van der Waals surface area contributed by atoms with Gasteiger partial charge in [-0.25, -0.2) is 0 Å². The van der Waals surface area contributed by atoms with Crippen LogP contribution in [-0.4, -0.2) is 17.2 Å². The lowest BCUT2D eigenvalue weighted by molar-refractivity contribution is -0.138. The Morgan fingerprint density at radius 3 is 1.56 bits per heavy atom. The van der Waals surface area contributed by atoms with Gasteiger partial charge >= 0.3 is 5.97 Å². The molecule has 0 spiro atoms. The van der Waals surface area contributed by atoms with E-state index in [0.717, 1.165) is 0 Å². The zero-order valence-electron chi connectivity index (χ0n) is 13.7. The molecule has 0 heterocycles. The van der Waals surface area contributed by atoms with Crippen LogP contribution in [0.15, 0.2) is 91.0 Å². The molecule has 25 heavy (non-hydrogen) atoms. The van der Waals surface area contributed by atoms with Crippen LogP contribution in [0.25, 0.3) is 0 Å². The van der Waals surface area contributed by atoms with Crippen molar-refractivity contribution < 1.29 is 14.5 Å². The Labute approximate surface area is 147 Å². The first-order valence-electron chi connectivity index (χ1n) is 8.09. The van der Waals surface area contributed by atoms with Gasteiger partial charge in [0.05, 0.1) is 5.92 Å².